The van der Waals surface area contributed by atoms with Crippen LogP contribution >= 0.6 is 11.9 Å². The van der Waals surface area contributed by atoms with Crippen molar-refractivity contribution >= 4 is 45.6 Å². The van der Waals surface area contributed by atoms with Crippen LogP contribution in [0, 0.1) is 0 Å². The lowest BCUT2D eigenvalue weighted by atomic mass is 10.1. The van der Waals surface area contributed by atoms with Gasteiger partial charge in [-0.1, -0.05) is 0 Å². The van der Waals surface area contributed by atoms with Crippen LogP contribution in [0.25, 0.3) is 0 Å². The van der Waals surface area contributed by atoms with Gasteiger partial charge in [-0.3, -0.25) is 5.32 Å². The highest BCUT2D eigenvalue weighted by molar-refractivity contribution is 8.01. The molecule has 0 aromatic carbocycles. The molecule has 2 heterocycles. The van der Waals surface area contributed by atoms with Crippen molar-refractivity contribution in [3.8, 4) is 11.8 Å². The maximum Gasteiger partial charge on any atom is 0.352 e. The van der Waals surface area contributed by atoms with Crippen molar-refractivity contribution in [2.75, 3.05) is 25.3 Å². The van der Waals surface area contributed by atoms with Crippen molar-refractivity contribution in [1.82, 2.24) is 14.7 Å². The molecule has 1 aromatic rings. The highest BCUT2D eigenvalue weighted by Crippen LogP contribution is 2.32. The highest BCUT2D eigenvalue weighted by atomic mass is 32.2. The first-order chi connectivity index (χ1) is 12.1. The summed E-state index contributed by atoms with van der Waals surface area (Å²) in [5.41, 5.74) is -0.568. The molecular weight excluding hydrogens is 390 g/mol. The minimum Gasteiger partial charge on any atom is -0.481 e. The van der Waals surface area contributed by atoms with Crippen LogP contribution in [0.2, 0.25) is 0 Å². The largest absolute Gasteiger partial charge is 0.481 e. The summed E-state index contributed by atoms with van der Waals surface area (Å²) in [6, 6.07) is 0.176. The maximum atomic E-state index is 12.5. The molecule has 3 N–H and O–H groups in total. The molecular formula is C12H15N5O7S2. The van der Waals surface area contributed by atoms with E-state index in [1.165, 1.54) is 27.2 Å². The third-order valence-corrected chi connectivity index (χ3v) is 6.52. The Balaban J connectivity index is 2.19. The minimum atomic E-state index is -4.42. The summed E-state index contributed by atoms with van der Waals surface area (Å²) in [4.78, 5) is 30.9. The highest BCUT2D eigenvalue weighted by Gasteiger charge is 2.51. The number of carboxylic acid groups (broad SMARTS) is 1. The van der Waals surface area contributed by atoms with E-state index in [0.717, 1.165) is 11.9 Å². The lowest BCUT2D eigenvalue weighted by Gasteiger charge is -2.23. The van der Waals surface area contributed by atoms with Crippen LogP contribution in [0.1, 0.15) is 6.92 Å². The van der Waals surface area contributed by atoms with Crippen molar-refractivity contribution in [1.29, 1.82) is 0 Å². The van der Waals surface area contributed by atoms with Crippen molar-refractivity contribution in [2.24, 2.45) is 4.40 Å². The molecule has 0 fully saturated rings. The number of urea groups is 1. The molecule has 1 aliphatic heterocycles. The molecule has 2 amide bonds. The summed E-state index contributed by atoms with van der Waals surface area (Å²) in [5.74, 6) is -1.75. The van der Waals surface area contributed by atoms with E-state index in [1.54, 1.807) is 4.72 Å². The van der Waals surface area contributed by atoms with Gasteiger partial charge in [0.1, 0.15) is 4.75 Å². The van der Waals surface area contributed by atoms with E-state index in [4.69, 9.17) is 14.6 Å². The first-order valence-electron chi connectivity index (χ1n) is 6.87. The van der Waals surface area contributed by atoms with Gasteiger partial charge in [-0.15, -0.1) is 0 Å². The first kappa shape index (κ1) is 19.7. The Morgan fingerprint density at radius 2 is 1.85 bits per heavy atom. The second-order valence-electron chi connectivity index (χ2n) is 5.09. The van der Waals surface area contributed by atoms with E-state index in [0.29, 0.717) is 0 Å². The maximum absolute atomic E-state index is 12.5. The van der Waals surface area contributed by atoms with Gasteiger partial charge in [0.05, 0.1) is 20.3 Å². The number of ether oxygens (including phenoxy) is 2. The van der Waals surface area contributed by atoms with Crippen LogP contribution < -0.4 is 19.5 Å². The number of carbonyl (C=O) groups is 2. The topological polar surface area (TPSA) is 169 Å². The Labute approximate surface area is 152 Å². The molecule has 0 saturated carbocycles. The molecule has 1 unspecified atom stereocenters. The van der Waals surface area contributed by atoms with Crippen molar-refractivity contribution in [3.63, 3.8) is 0 Å². The zero-order valence-electron chi connectivity index (χ0n) is 13.8. The summed E-state index contributed by atoms with van der Waals surface area (Å²) < 4.78 is 38.3. The number of rotatable bonds is 6. The van der Waals surface area contributed by atoms with Crippen LogP contribution in [0.5, 0.6) is 11.8 Å². The molecule has 1 atom stereocenters. The number of carboxylic acids is 1. The quantitative estimate of drug-likeness (QED) is 0.543. The second-order valence-corrected chi connectivity index (χ2v) is 7.93. The molecule has 26 heavy (non-hydrogen) atoms. The van der Waals surface area contributed by atoms with Gasteiger partial charge in [-0.05, 0) is 18.9 Å². The van der Waals surface area contributed by atoms with E-state index in [1.807, 2.05) is 0 Å². The SMILES string of the molecule is COc1cc(OC)nc(NC(=O)NS(=O)(=O)C2(C)CSN=C2C(=O)O)n1. The molecule has 142 valence electrons. The van der Waals surface area contributed by atoms with Crippen molar-refractivity contribution in [3.05, 3.63) is 6.07 Å². The molecule has 0 aliphatic carbocycles. The van der Waals surface area contributed by atoms with E-state index in [2.05, 4.69) is 19.7 Å². The minimum absolute atomic E-state index is 0.0782. The number of amides is 2. The summed E-state index contributed by atoms with van der Waals surface area (Å²) in [6.45, 7) is 1.17. The number of anilines is 1. The Morgan fingerprint density at radius 1 is 1.27 bits per heavy atom. The Hall–Kier alpha value is -2.61. The van der Waals surface area contributed by atoms with E-state index >= 15 is 0 Å². The number of sulfonamides is 1. The van der Waals surface area contributed by atoms with Crippen molar-refractivity contribution < 1.29 is 32.6 Å². The molecule has 0 saturated heterocycles. The number of methoxy groups -OCH3 is 2. The van der Waals surface area contributed by atoms with Gasteiger partial charge in [-0.2, -0.15) is 9.97 Å². The van der Waals surface area contributed by atoms with Gasteiger partial charge in [-0.25, -0.2) is 27.1 Å². The smallest absolute Gasteiger partial charge is 0.352 e. The standard InChI is InChI=1S/C12H15N5O7S2/c1-12(5-25-16-8(12)9(18)19)26(21,22)17-11(20)15-10-13-6(23-2)4-7(14-10)24-3/h4H,5H2,1-3H3,(H,18,19)(H2,13,14,15,17,20). The monoisotopic (exact) mass is 405 g/mol. The average molecular weight is 405 g/mol. The molecule has 0 spiro atoms. The fourth-order valence-corrected chi connectivity index (χ4v) is 4.49. The molecule has 1 aromatic heterocycles. The predicted molar refractivity (Wildman–Crippen MR) is 92.1 cm³/mol. The number of hydrogen-bond donors (Lipinski definition) is 3. The molecule has 12 nitrogen and oxygen atoms in total. The Kier molecular flexibility index (Phi) is 5.56. The van der Waals surface area contributed by atoms with Crippen molar-refractivity contribution in [2.45, 2.75) is 11.7 Å². The van der Waals surface area contributed by atoms with Crippen LogP contribution in [0.15, 0.2) is 10.5 Å². The summed E-state index contributed by atoms with van der Waals surface area (Å²) in [6.07, 6.45) is 0. The van der Waals surface area contributed by atoms with Gasteiger partial charge in [0.2, 0.25) is 27.7 Å². The van der Waals surface area contributed by atoms with Gasteiger partial charge in [0.25, 0.3) is 0 Å². The van der Waals surface area contributed by atoms with Crippen LogP contribution in [-0.4, -0.2) is 65.9 Å². The molecule has 0 bridgehead atoms. The first-order valence-corrected chi connectivity index (χ1v) is 9.29. The van der Waals surface area contributed by atoms with Crippen LogP contribution in [-0.2, 0) is 14.8 Å². The molecule has 1 aliphatic rings. The predicted octanol–water partition coefficient (Wildman–Crippen LogP) is -0.109. The zero-order valence-corrected chi connectivity index (χ0v) is 15.5. The third-order valence-electron chi connectivity index (χ3n) is 3.34. The van der Waals surface area contributed by atoms with Gasteiger partial charge in [0.15, 0.2) is 5.71 Å². The molecule has 14 heteroatoms. The van der Waals surface area contributed by atoms with E-state index in [9.17, 15) is 18.0 Å². The average Bonchev–Trinajstić information content (AvgIpc) is 2.97. The number of aromatic nitrogens is 2. The lowest BCUT2D eigenvalue weighted by Crippen LogP contribution is -2.54. The number of nitrogens with zero attached hydrogens (tertiary/aromatic N) is 3. The molecule has 0 radical (unpaired) electrons. The van der Waals surface area contributed by atoms with Crippen LogP contribution in [0.3, 0.4) is 0 Å². The summed E-state index contributed by atoms with van der Waals surface area (Å²) >= 11 is 0.784. The summed E-state index contributed by atoms with van der Waals surface area (Å²) in [7, 11) is -1.75. The number of hydrogen-bond acceptors (Lipinski definition) is 10. The van der Waals surface area contributed by atoms with E-state index in [-0.39, 0.29) is 23.5 Å². The fourth-order valence-electron chi connectivity index (χ4n) is 1.89. The second kappa shape index (κ2) is 7.33. The van der Waals surface area contributed by atoms with Gasteiger partial charge < -0.3 is 14.6 Å². The fraction of sp³-hybridized carbons (Fsp3) is 0.417. The van der Waals surface area contributed by atoms with Gasteiger partial charge >= 0.3 is 12.0 Å². The number of carbonyl (C=O) groups excluding carboxylic acids is 1. The van der Waals surface area contributed by atoms with Crippen LogP contribution in [0.4, 0.5) is 10.7 Å². The lowest BCUT2D eigenvalue weighted by molar-refractivity contribution is -0.129. The molecule has 2 rings (SSSR count). The zero-order chi connectivity index (χ0) is 19.5. The third kappa shape index (κ3) is 3.80. The normalized spacial score (nSPS) is 19.4. The number of nitrogens with one attached hydrogen (secondary N) is 2. The number of aliphatic carboxylic acids is 1. The summed E-state index contributed by atoms with van der Waals surface area (Å²) in [5, 5.41) is 11.2. The van der Waals surface area contributed by atoms with Gasteiger partial charge in [0, 0.05) is 5.75 Å². The Morgan fingerprint density at radius 3 is 2.35 bits per heavy atom. The Bertz CT molecular complexity index is 850. The van der Waals surface area contributed by atoms with E-state index < -0.39 is 32.5 Å².